The first-order valence-corrected chi connectivity index (χ1v) is 10.4. The number of hydrogen-bond acceptors (Lipinski definition) is 6. The zero-order chi connectivity index (χ0) is 23.6. The molecule has 9 nitrogen and oxygen atoms in total. The lowest BCUT2D eigenvalue weighted by Crippen LogP contribution is -2.57. The molecule has 3 heterocycles. The van der Waals surface area contributed by atoms with Gasteiger partial charge in [0.1, 0.15) is 0 Å². The Kier molecular flexibility index (Phi) is 6.20. The number of piperidine rings is 1. The summed E-state index contributed by atoms with van der Waals surface area (Å²) in [7, 11) is 0. The van der Waals surface area contributed by atoms with Crippen LogP contribution in [0.5, 0.6) is 0 Å². The first-order chi connectivity index (χ1) is 15.8. The Morgan fingerprint density at radius 2 is 2.00 bits per heavy atom. The Bertz CT molecular complexity index is 1180. The van der Waals surface area contributed by atoms with Crippen molar-refractivity contribution in [2.45, 2.75) is 25.3 Å². The lowest BCUT2D eigenvalue weighted by Gasteiger charge is -2.43. The van der Waals surface area contributed by atoms with Gasteiger partial charge in [0, 0.05) is 13.0 Å². The zero-order valence-corrected chi connectivity index (χ0v) is 18.2. The number of carbonyl (C=O) groups is 1. The first kappa shape index (κ1) is 22.5. The maximum absolute atomic E-state index is 14.5. The van der Waals surface area contributed by atoms with E-state index in [1.807, 2.05) is 0 Å². The van der Waals surface area contributed by atoms with E-state index in [9.17, 15) is 13.6 Å². The van der Waals surface area contributed by atoms with Crippen molar-refractivity contribution >= 4 is 29.1 Å². The van der Waals surface area contributed by atoms with Crippen molar-refractivity contribution in [3.05, 3.63) is 65.0 Å². The van der Waals surface area contributed by atoms with Crippen LogP contribution in [-0.4, -0.2) is 60.8 Å². The summed E-state index contributed by atoms with van der Waals surface area (Å²) in [6.07, 6.45) is 5.34. The molecule has 0 unspecified atom stereocenters. The van der Waals surface area contributed by atoms with Gasteiger partial charge in [0.25, 0.3) is 11.8 Å². The third-order valence-electron chi connectivity index (χ3n) is 5.40. The first-order valence-electron chi connectivity index (χ1n) is 10.1. The van der Waals surface area contributed by atoms with Crippen LogP contribution in [0.25, 0.3) is 10.5 Å². The molecular formula is C21H19ClF2N8O. The monoisotopic (exact) mass is 472 g/mol. The number of hydrogen-bond donors (Lipinski definition) is 1. The highest BCUT2D eigenvalue weighted by molar-refractivity contribution is 6.30. The Morgan fingerprint density at radius 1 is 1.30 bits per heavy atom. The summed E-state index contributed by atoms with van der Waals surface area (Å²) in [5.41, 5.74) is 0.569. The van der Waals surface area contributed by atoms with Crippen LogP contribution in [0.3, 0.4) is 0 Å². The van der Waals surface area contributed by atoms with Crippen LogP contribution in [0, 0.1) is 12.5 Å². The van der Waals surface area contributed by atoms with Gasteiger partial charge >= 0.3 is 0 Å². The fourth-order valence-electron chi connectivity index (χ4n) is 3.91. The van der Waals surface area contributed by atoms with Gasteiger partial charge in [-0.2, -0.15) is 15.0 Å². The summed E-state index contributed by atoms with van der Waals surface area (Å²) in [4.78, 5) is 27.5. The molecule has 1 saturated heterocycles. The van der Waals surface area contributed by atoms with Crippen LogP contribution in [0.15, 0.2) is 43.0 Å². The second-order valence-electron chi connectivity index (χ2n) is 7.78. The van der Waals surface area contributed by atoms with E-state index in [0.29, 0.717) is 10.7 Å². The summed E-state index contributed by atoms with van der Waals surface area (Å²) in [6.45, 7) is 8.37. The van der Waals surface area contributed by atoms with Crippen molar-refractivity contribution in [3.8, 4) is 5.69 Å². The molecule has 4 rings (SSSR count). The summed E-state index contributed by atoms with van der Waals surface area (Å²) in [6, 6.07) is 3.85. The van der Waals surface area contributed by atoms with Gasteiger partial charge in [0.05, 0.1) is 60.2 Å². The average molecular weight is 473 g/mol. The normalized spacial score (nSPS) is 19.7. The van der Waals surface area contributed by atoms with Gasteiger partial charge in [-0.25, -0.2) is 23.6 Å². The highest BCUT2D eigenvalue weighted by Crippen LogP contribution is 2.36. The molecule has 1 aliphatic rings. The summed E-state index contributed by atoms with van der Waals surface area (Å²) in [5, 5.41) is 11.5. The number of amides is 1. The number of alkyl halides is 2. The minimum absolute atomic E-state index is 0.0670. The molecule has 1 amide bonds. The fraction of sp³-hybridized carbons (Fsp3) is 0.333. The second-order valence-corrected chi connectivity index (χ2v) is 8.21. The molecule has 1 aliphatic heterocycles. The van der Waals surface area contributed by atoms with Gasteiger partial charge in [-0.05, 0) is 18.1 Å². The highest BCUT2D eigenvalue weighted by atomic mass is 35.5. The van der Waals surface area contributed by atoms with E-state index in [4.69, 9.17) is 18.2 Å². The third-order valence-corrected chi connectivity index (χ3v) is 5.60. The Balaban J connectivity index is 1.68. The predicted octanol–water partition coefficient (Wildman–Crippen LogP) is 3.86. The van der Waals surface area contributed by atoms with Crippen molar-refractivity contribution in [2.75, 3.05) is 18.4 Å². The minimum Gasteiger partial charge on any atom is -0.352 e. The molecule has 3 aromatic rings. The summed E-state index contributed by atoms with van der Waals surface area (Å²) >= 11 is 5.81. The number of halogens is 3. The lowest BCUT2D eigenvalue weighted by atomic mass is 9.87. The maximum atomic E-state index is 14.5. The van der Waals surface area contributed by atoms with E-state index in [-0.39, 0.29) is 30.2 Å². The Morgan fingerprint density at radius 3 is 2.67 bits per heavy atom. The smallest absolute Gasteiger partial charge is 0.265 e. The molecule has 1 fully saturated rings. The van der Waals surface area contributed by atoms with Crippen molar-refractivity contribution in [2.24, 2.45) is 5.92 Å². The second kappa shape index (κ2) is 9.07. The predicted molar refractivity (Wildman–Crippen MR) is 117 cm³/mol. The molecule has 0 saturated carbocycles. The van der Waals surface area contributed by atoms with Crippen molar-refractivity contribution in [1.82, 2.24) is 29.9 Å². The van der Waals surface area contributed by atoms with E-state index < -0.39 is 30.3 Å². The van der Waals surface area contributed by atoms with E-state index in [1.165, 1.54) is 47.8 Å². The molecule has 0 radical (unpaired) electrons. The van der Waals surface area contributed by atoms with Crippen LogP contribution < -0.4 is 5.32 Å². The van der Waals surface area contributed by atoms with Crippen molar-refractivity contribution < 1.29 is 13.6 Å². The number of carbonyl (C=O) groups excluding carboxylic acids is 1. The molecular weight excluding hydrogens is 454 g/mol. The van der Waals surface area contributed by atoms with Gasteiger partial charge < -0.3 is 10.2 Å². The standard InChI is InChI=1S/C21H19ClF2N8O/c1-13-8-21(23,24)12-31(18(13)11-28-20-26-9-14(22)10-27-20)19(33)16-7-15(25-2)3-4-17(16)32-29-5-6-30-32/h3-7,9-10,13,18H,8,11-12H2,1H3,(H,26,27,28)/t13-,18-/m1/s1. The minimum atomic E-state index is -3.05. The third kappa shape index (κ3) is 4.90. The molecule has 0 spiro atoms. The van der Waals surface area contributed by atoms with Crippen LogP contribution >= 0.6 is 11.6 Å². The van der Waals surface area contributed by atoms with E-state index >= 15 is 0 Å². The van der Waals surface area contributed by atoms with Crippen molar-refractivity contribution in [1.29, 1.82) is 0 Å². The Hall–Kier alpha value is -3.65. The van der Waals surface area contributed by atoms with Crippen LogP contribution in [0.2, 0.25) is 5.02 Å². The number of rotatable bonds is 5. The quantitative estimate of drug-likeness (QED) is 0.567. The number of aromatic nitrogens is 5. The fourth-order valence-corrected chi connectivity index (χ4v) is 4.01. The topological polar surface area (TPSA) is 93.2 Å². The molecule has 170 valence electrons. The lowest BCUT2D eigenvalue weighted by molar-refractivity contribution is -0.0897. The van der Waals surface area contributed by atoms with Crippen LogP contribution in [0.1, 0.15) is 23.7 Å². The molecule has 33 heavy (non-hydrogen) atoms. The van der Waals surface area contributed by atoms with Crippen LogP contribution in [0.4, 0.5) is 20.4 Å². The van der Waals surface area contributed by atoms with E-state index in [1.54, 1.807) is 6.92 Å². The molecule has 2 atom stereocenters. The maximum Gasteiger partial charge on any atom is 0.265 e. The van der Waals surface area contributed by atoms with Crippen molar-refractivity contribution in [3.63, 3.8) is 0 Å². The molecule has 12 heteroatoms. The number of anilines is 1. The Labute approximate surface area is 193 Å². The number of nitrogens with one attached hydrogen (secondary N) is 1. The molecule has 1 N–H and O–H groups in total. The highest BCUT2D eigenvalue weighted by Gasteiger charge is 2.46. The van der Waals surface area contributed by atoms with E-state index in [2.05, 4.69) is 30.3 Å². The number of nitrogens with zero attached hydrogens (tertiary/aromatic N) is 7. The van der Waals surface area contributed by atoms with Crippen LogP contribution in [-0.2, 0) is 0 Å². The molecule has 1 aromatic carbocycles. The number of benzene rings is 1. The molecule has 0 bridgehead atoms. The summed E-state index contributed by atoms with van der Waals surface area (Å²) < 4.78 is 29.1. The zero-order valence-electron chi connectivity index (χ0n) is 17.5. The molecule has 2 aromatic heterocycles. The van der Waals surface area contributed by atoms with Gasteiger partial charge in [0.2, 0.25) is 5.95 Å². The van der Waals surface area contributed by atoms with E-state index in [0.717, 1.165) is 4.90 Å². The SMILES string of the molecule is [C-]#[N+]c1ccc(-n2nccn2)c(C(=O)N2CC(F)(F)C[C@@H](C)[C@H]2CNc2ncc(Cl)cn2)c1. The molecule has 0 aliphatic carbocycles. The van der Waals surface area contributed by atoms with Gasteiger partial charge in [-0.1, -0.05) is 24.6 Å². The van der Waals surface area contributed by atoms with Gasteiger partial charge in [0.15, 0.2) is 5.69 Å². The largest absolute Gasteiger partial charge is 0.352 e. The average Bonchev–Trinajstić information content (AvgIpc) is 3.32. The number of likely N-dealkylation sites (tertiary alicyclic amines) is 1. The van der Waals surface area contributed by atoms with Gasteiger partial charge in [-0.15, -0.1) is 0 Å². The van der Waals surface area contributed by atoms with Gasteiger partial charge in [-0.3, -0.25) is 4.79 Å². The summed E-state index contributed by atoms with van der Waals surface area (Å²) in [5.74, 6) is -3.94.